The maximum atomic E-state index is 13.1. The number of carbonyl (C=O) groups is 4. The standard InChI is InChI=1S/C20H22FN7O4/c1-10(2)27-8-12-15(17(27)31)25-19-26-20(18(32)22-3,9-28(19)16(12)30)6-14(29)24-13-5-4-11(21)7-23-13/h4-5,7,10H,6,8-9H2,1-3H3,(H,22,32)(H,25,26)(H,23,24,29). The lowest BCUT2D eigenvalue weighted by Crippen LogP contribution is -2.53. The van der Waals surface area contributed by atoms with Gasteiger partial charge in [-0.1, -0.05) is 0 Å². The van der Waals surface area contributed by atoms with E-state index in [4.69, 9.17) is 0 Å². The fourth-order valence-electron chi connectivity index (χ4n) is 3.92. The zero-order valence-electron chi connectivity index (χ0n) is 17.7. The molecule has 3 aliphatic heterocycles. The minimum atomic E-state index is -1.60. The summed E-state index contributed by atoms with van der Waals surface area (Å²) in [5.41, 5.74) is -1.15. The van der Waals surface area contributed by atoms with Crippen LogP contribution in [-0.2, 0) is 19.2 Å². The molecule has 4 heterocycles. The van der Waals surface area contributed by atoms with E-state index in [1.807, 2.05) is 13.8 Å². The van der Waals surface area contributed by atoms with E-state index in [0.717, 1.165) is 12.3 Å². The van der Waals surface area contributed by atoms with Crippen molar-refractivity contribution in [3.63, 3.8) is 0 Å². The summed E-state index contributed by atoms with van der Waals surface area (Å²) in [6.45, 7) is 3.69. The van der Waals surface area contributed by atoms with Crippen LogP contribution in [0.5, 0.6) is 0 Å². The fraction of sp³-hybridized carbons (Fsp3) is 0.400. The Morgan fingerprint density at radius 2 is 2.03 bits per heavy atom. The topological polar surface area (TPSA) is 136 Å². The number of rotatable bonds is 5. The lowest BCUT2D eigenvalue weighted by Gasteiger charge is -2.27. The van der Waals surface area contributed by atoms with Gasteiger partial charge in [0, 0.05) is 13.1 Å². The molecular weight excluding hydrogens is 421 g/mol. The zero-order valence-corrected chi connectivity index (χ0v) is 17.7. The largest absolute Gasteiger partial charge is 0.357 e. The number of nitrogens with one attached hydrogen (secondary N) is 3. The van der Waals surface area contributed by atoms with E-state index in [1.54, 1.807) is 4.90 Å². The second-order valence-electron chi connectivity index (χ2n) is 8.03. The highest BCUT2D eigenvalue weighted by Gasteiger charge is 2.53. The molecule has 0 saturated carbocycles. The molecule has 1 aromatic heterocycles. The molecule has 0 aliphatic carbocycles. The highest BCUT2D eigenvalue weighted by atomic mass is 19.1. The Labute approximate surface area is 182 Å². The van der Waals surface area contributed by atoms with Gasteiger partial charge in [-0.3, -0.25) is 24.1 Å². The summed E-state index contributed by atoms with van der Waals surface area (Å²) < 4.78 is 13.0. The van der Waals surface area contributed by atoms with E-state index in [0.29, 0.717) is 5.57 Å². The predicted molar refractivity (Wildman–Crippen MR) is 110 cm³/mol. The van der Waals surface area contributed by atoms with Crippen molar-refractivity contribution in [2.45, 2.75) is 31.8 Å². The first-order valence-corrected chi connectivity index (χ1v) is 10.0. The molecule has 11 nitrogen and oxygen atoms in total. The van der Waals surface area contributed by atoms with Gasteiger partial charge < -0.3 is 20.9 Å². The molecule has 0 spiro atoms. The quantitative estimate of drug-likeness (QED) is 0.553. The maximum Gasteiger partial charge on any atom is 0.271 e. The number of aliphatic imine (C=N–C) groups is 1. The number of fused-ring (bicyclic) bond motifs is 1. The second kappa shape index (κ2) is 7.70. The van der Waals surface area contributed by atoms with Crippen LogP contribution >= 0.6 is 0 Å². The van der Waals surface area contributed by atoms with E-state index in [-0.39, 0.29) is 42.5 Å². The Morgan fingerprint density at radius 3 is 2.66 bits per heavy atom. The second-order valence-corrected chi connectivity index (χ2v) is 8.03. The third kappa shape index (κ3) is 3.47. The number of pyridine rings is 1. The smallest absolute Gasteiger partial charge is 0.271 e. The van der Waals surface area contributed by atoms with E-state index in [2.05, 4.69) is 25.9 Å². The summed E-state index contributed by atoms with van der Waals surface area (Å²) in [7, 11) is 1.40. The van der Waals surface area contributed by atoms with Gasteiger partial charge in [-0.2, -0.15) is 0 Å². The fourth-order valence-corrected chi connectivity index (χ4v) is 3.92. The van der Waals surface area contributed by atoms with Gasteiger partial charge in [-0.25, -0.2) is 14.4 Å². The molecule has 12 heteroatoms. The molecule has 0 aromatic carbocycles. The molecule has 3 N–H and O–H groups in total. The number of anilines is 1. The van der Waals surface area contributed by atoms with Crippen LogP contribution < -0.4 is 16.0 Å². The molecule has 4 amide bonds. The number of hydrogen-bond donors (Lipinski definition) is 3. The van der Waals surface area contributed by atoms with E-state index in [9.17, 15) is 23.6 Å². The van der Waals surface area contributed by atoms with Crippen molar-refractivity contribution in [2.24, 2.45) is 4.99 Å². The van der Waals surface area contributed by atoms with Crippen LogP contribution in [0, 0.1) is 5.82 Å². The molecule has 1 unspecified atom stereocenters. The molecule has 0 fully saturated rings. The van der Waals surface area contributed by atoms with Crippen LogP contribution in [-0.4, -0.2) is 76.1 Å². The third-order valence-corrected chi connectivity index (χ3v) is 5.56. The molecule has 0 bridgehead atoms. The van der Waals surface area contributed by atoms with Crippen molar-refractivity contribution in [3.05, 3.63) is 35.4 Å². The van der Waals surface area contributed by atoms with Gasteiger partial charge in [-0.05, 0) is 26.0 Å². The number of likely N-dealkylation sites (N-methyl/N-ethyl adjacent to an activating group) is 1. The molecule has 1 atom stereocenters. The Bertz CT molecular complexity index is 1080. The molecule has 32 heavy (non-hydrogen) atoms. The molecule has 0 saturated heterocycles. The SMILES string of the molecule is CNC(=O)C1(CC(=O)Nc2ccc(F)cn2)CN2C(=O)C3=C(NC2=N1)C(=O)N(C(C)C)C3. The Kier molecular flexibility index (Phi) is 5.15. The molecule has 0 radical (unpaired) electrons. The van der Waals surface area contributed by atoms with Crippen LogP contribution in [0.4, 0.5) is 10.2 Å². The van der Waals surface area contributed by atoms with Crippen molar-refractivity contribution in [1.29, 1.82) is 0 Å². The summed E-state index contributed by atoms with van der Waals surface area (Å²) >= 11 is 0. The normalized spacial score (nSPS) is 22.0. The monoisotopic (exact) mass is 443 g/mol. The highest BCUT2D eigenvalue weighted by Crippen LogP contribution is 2.32. The zero-order chi connectivity index (χ0) is 23.2. The molecule has 168 valence electrons. The van der Waals surface area contributed by atoms with Crippen molar-refractivity contribution in [2.75, 3.05) is 25.5 Å². The van der Waals surface area contributed by atoms with E-state index < -0.39 is 35.5 Å². The van der Waals surface area contributed by atoms with Crippen LogP contribution in [0.25, 0.3) is 0 Å². The van der Waals surface area contributed by atoms with Crippen LogP contribution in [0.3, 0.4) is 0 Å². The lowest BCUT2D eigenvalue weighted by atomic mass is 9.94. The number of halogens is 1. The van der Waals surface area contributed by atoms with Gasteiger partial charge in [0.25, 0.3) is 11.8 Å². The molecule has 1 aromatic rings. The molecular formula is C20H22FN7O4. The summed E-state index contributed by atoms with van der Waals surface area (Å²) in [5, 5.41) is 7.86. The Balaban J connectivity index is 1.58. The number of aromatic nitrogens is 1. The van der Waals surface area contributed by atoms with Crippen LogP contribution in [0.15, 0.2) is 34.6 Å². The third-order valence-electron chi connectivity index (χ3n) is 5.56. The number of hydrogen-bond acceptors (Lipinski definition) is 7. The summed E-state index contributed by atoms with van der Waals surface area (Å²) in [6.07, 6.45) is 0.560. The summed E-state index contributed by atoms with van der Waals surface area (Å²) in [4.78, 5) is 62.1. The van der Waals surface area contributed by atoms with Gasteiger partial charge >= 0.3 is 0 Å². The maximum absolute atomic E-state index is 13.1. The van der Waals surface area contributed by atoms with Gasteiger partial charge in [0.15, 0.2) is 5.54 Å². The van der Waals surface area contributed by atoms with E-state index in [1.165, 1.54) is 18.0 Å². The number of guanidine groups is 1. The van der Waals surface area contributed by atoms with Gasteiger partial charge in [0.2, 0.25) is 17.8 Å². The van der Waals surface area contributed by atoms with Crippen LogP contribution in [0.2, 0.25) is 0 Å². The van der Waals surface area contributed by atoms with E-state index >= 15 is 0 Å². The average Bonchev–Trinajstić information content (AvgIpc) is 3.28. The number of carbonyl (C=O) groups excluding carboxylic acids is 4. The first-order valence-electron chi connectivity index (χ1n) is 10.0. The van der Waals surface area contributed by atoms with Crippen molar-refractivity contribution >= 4 is 35.4 Å². The van der Waals surface area contributed by atoms with Gasteiger partial charge in [0.05, 0.1) is 31.3 Å². The first-order chi connectivity index (χ1) is 15.1. The Hall–Kier alpha value is -3.83. The predicted octanol–water partition coefficient (Wildman–Crippen LogP) is -0.660. The van der Waals surface area contributed by atoms with Crippen LogP contribution in [0.1, 0.15) is 20.3 Å². The highest BCUT2D eigenvalue weighted by molar-refractivity contribution is 6.19. The van der Waals surface area contributed by atoms with Crippen molar-refractivity contribution < 1.29 is 23.6 Å². The van der Waals surface area contributed by atoms with Crippen molar-refractivity contribution in [1.82, 2.24) is 25.4 Å². The minimum Gasteiger partial charge on any atom is -0.357 e. The average molecular weight is 443 g/mol. The summed E-state index contributed by atoms with van der Waals surface area (Å²) in [6, 6.07) is 2.34. The van der Waals surface area contributed by atoms with Crippen molar-refractivity contribution in [3.8, 4) is 0 Å². The van der Waals surface area contributed by atoms with Gasteiger partial charge in [-0.15, -0.1) is 0 Å². The Morgan fingerprint density at radius 1 is 1.28 bits per heavy atom. The minimum absolute atomic E-state index is 0.0454. The molecule has 4 rings (SSSR count). The number of amides is 4. The number of nitrogens with zero attached hydrogens (tertiary/aromatic N) is 4. The van der Waals surface area contributed by atoms with Gasteiger partial charge in [0.1, 0.15) is 17.3 Å². The molecule has 3 aliphatic rings. The summed E-state index contributed by atoms with van der Waals surface area (Å²) in [5.74, 6) is -2.30. The lowest BCUT2D eigenvalue weighted by molar-refractivity contribution is -0.131. The first kappa shape index (κ1) is 21.4.